The summed E-state index contributed by atoms with van der Waals surface area (Å²) in [6, 6.07) is 20.8. The van der Waals surface area contributed by atoms with Crippen LogP contribution >= 0.6 is 0 Å². The highest BCUT2D eigenvalue weighted by atomic mass is 28.4. The molecule has 0 aromatic heterocycles. The summed E-state index contributed by atoms with van der Waals surface area (Å²) >= 11 is 0. The number of carbonyl (C=O) groups is 1. The van der Waals surface area contributed by atoms with Crippen molar-refractivity contribution in [1.29, 1.82) is 0 Å². The Morgan fingerprint density at radius 1 is 0.941 bits per heavy atom. The Morgan fingerprint density at radius 3 is 2.03 bits per heavy atom. The highest BCUT2D eigenvalue weighted by Gasteiger charge is 2.67. The van der Waals surface area contributed by atoms with Crippen LogP contribution in [0.4, 0.5) is 0 Å². The number of rotatable bonds is 5. The molecule has 0 aliphatic carbocycles. The van der Waals surface area contributed by atoms with E-state index in [2.05, 4.69) is 69.3 Å². The van der Waals surface area contributed by atoms with E-state index in [0.717, 1.165) is 0 Å². The molecule has 0 bridgehead atoms. The first-order chi connectivity index (χ1) is 16.1. The second kappa shape index (κ2) is 8.14. The molecule has 180 valence electrons. The quantitative estimate of drug-likeness (QED) is 0.484. The Balaban J connectivity index is 1.53. The number of esters is 1. The summed E-state index contributed by atoms with van der Waals surface area (Å²) in [7, 11) is -2.79. The van der Waals surface area contributed by atoms with Gasteiger partial charge in [0.05, 0.1) is 6.61 Å². The van der Waals surface area contributed by atoms with Gasteiger partial charge in [0, 0.05) is 6.08 Å². The molecule has 1 spiro atoms. The van der Waals surface area contributed by atoms with Crippen molar-refractivity contribution in [1.82, 2.24) is 0 Å². The molecular formula is C27H32O6Si. The van der Waals surface area contributed by atoms with Gasteiger partial charge in [0.15, 0.2) is 23.8 Å². The monoisotopic (exact) mass is 480 g/mol. The van der Waals surface area contributed by atoms with Crippen LogP contribution in [0.3, 0.4) is 0 Å². The van der Waals surface area contributed by atoms with Crippen molar-refractivity contribution >= 4 is 24.7 Å². The summed E-state index contributed by atoms with van der Waals surface area (Å²) in [5, 5.41) is 2.16. The maximum atomic E-state index is 12.2. The number of fused-ring (bicyclic) bond motifs is 2. The van der Waals surface area contributed by atoms with Gasteiger partial charge in [-0.05, 0) is 35.3 Å². The lowest BCUT2D eigenvalue weighted by atomic mass is 9.93. The van der Waals surface area contributed by atoms with E-state index in [4.69, 9.17) is 23.4 Å². The van der Waals surface area contributed by atoms with Crippen molar-refractivity contribution in [2.24, 2.45) is 0 Å². The van der Waals surface area contributed by atoms with Gasteiger partial charge < -0.3 is 23.4 Å². The minimum atomic E-state index is -2.79. The Morgan fingerprint density at radius 2 is 1.53 bits per heavy atom. The molecule has 2 saturated heterocycles. The van der Waals surface area contributed by atoms with Crippen molar-refractivity contribution in [3.63, 3.8) is 0 Å². The summed E-state index contributed by atoms with van der Waals surface area (Å²) in [6.07, 6.45) is 1.43. The fourth-order valence-electron chi connectivity index (χ4n) is 5.48. The molecule has 4 atom stereocenters. The van der Waals surface area contributed by atoms with Crippen molar-refractivity contribution < 1.29 is 28.2 Å². The molecule has 2 fully saturated rings. The zero-order valence-electron chi connectivity index (χ0n) is 20.3. The first kappa shape index (κ1) is 23.4. The van der Waals surface area contributed by atoms with Gasteiger partial charge in [-0.15, -0.1) is 0 Å². The Kier molecular flexibility index (Phi) is 5.61. The average Bonchev–Trinajstić information content (AvgIpc) is 3.41. The fourth-order valence-corrected chi connectivity index (χ4v) is 10.0. The SMILES string of the molecule is CC1(C)O[C@@H]2O[C@@H](CO[Si](c3ccccc3)(c3ccccc3)C(C)(C)C)[C@@]3(C=CC(=O)O3)[C@@H]2O1. The van der Waals surface area contributed by atoms with Gasteiger partial charge >= 0.3 is 5.97 Å². The van der Waals surface area contributed by atoms with E-state index in [0.29, 0.717) is 0 Å². The molecule has 0 amide bonds. The van der Waals surface area contributed by atoms with Crippen LogP contribution in [-0.2, 0) is 28.2 Å². The predicted octanol–water partition coefficient (Wildman–Crippen LogP) is 3.29. The van der Waals surface area contributed by atoms with Crippen LogP contribution in [0.1, 0.15) is 34.6 Å². The van der Waals surface area contributed by atoms with Crippen LogP contribution in [-0.4, -0.2) is 50.8 Å². The maximum Gasteiger partial charge on any atom is 0.331 e. The van der Waals surface area contributed by atoms with E-state index in [1.807, 2.05) is 26.0 Å². The van der Waals surface area contributed by atoms with E-state index in [9.17, 15) is 4.79 Å². The van der Waals surface area contributed by atoms with Crippen LogP contribution in [0.25, 0.3) is 0 Å². The summed E-state index contributed by atoms with van der Waals surface area (Å²) < 4.78 is 31.3. The normalized spacial score (nSPS) is 30.0. The molecule has 2 aromatic carbocycles. The molecular weight excluding hydrogens is 448 g/mol. The average molecular weight is 481 g/mol. The number of benzene rings is 2. The molecule has 0 N–H and O–H groups in total. The van der Waals surface area contributed by atoms with Crippen LogP contribution in [0.15, 0.2) is 72.8 Å². The van der Waals surface area contributed by atoms with Crippen molar-refractivity contribution in [3.8, 4) is 0 Å². The second-order valence-corrected chi connectivity index (χ2v) is 14.9. The summed E-state index contributed by atoms with van der Waals surface area (Å²) in [5.41, 5.74) is -1.08. The molecule has 2 aromatic rings. The molecule has 3 heterocycles. The minimum absolute atomic E-state index is 0.186. The molecule has 5 rings (SSSR count). The molecule has 3 aliphatic heterocycles. The molecule has 3 aliphatic rings. The van der Waals surface area contributed by atoms with Gasteiger partial charge in [-0.3, -0.25) is 0 Å². The zero-order chi connectivity index (χ0) is 24.2. The lowest BCUT2D eigenvalue weighted by molar-refractivity contribution is -0.229. The van der Waals surface area contributed by atoms with Crippen LogP contribution in [0.5, 0.6) is 0 Å². The van der Waals surface area contributed by atoms with Gasteiger partial charge in [0.2, 0.25) is 0 Å². The first-order valence-corrected chi connectivity index (χ1v) is 13.7. The third-order valence-electron chi connectivity index (χ3n) is 6.93. The predicted molar refractivity (Wildman–Crippen MR) is 130 cm³/mol. The zero-order valence-corrected chi connectivity index (χ0v) is 21.3. The molecule has 7 heteroatoms. The Hall–Kier alpha value is -2.29. The van der Waals surface area contributed by atoms with E-state index < -0.39 is 44.2 Å². The third-order valence-corrected chi connectivity index (χ3v) is 11.9. The van der Waals surface area contributed by atoms with Crippen molar-refractivity contribution in [3.05, 3.63) is 72.8 Å². The molecule has 34 heavy (non-hydrogen) atoms. The lowest BCUT2D eigenvalue weighted by Crippen LogP contribution is -2.67. The van der Waals surface area contributed by atoms with E-state index in [1.165, 1.54) is 16.4 Å². The maximum absolute atomic E-state index is 12.2. The summed E-state index contributed by atoms with van der Waals surface area (Å²) in [6.45, 7) is 10.6. The van der Waals surface area contributed by atoms with Gasteiger partial charge in [-0.1, -0.05) is 81.4 Å². The molecule has 0 saturated carbocycles. The smallest absolute Gasteiger partial charge is 0.331 e. The standard InChI is InChI=1S/C27H32O6Si/c1-25(2,3)34(19-12-8-6-9-13-19,20-14-10-7-11-15-20)29-18-21-27(17-16-22(28)31-27)23-24(30-21)33-26(4,5)32-23/h6-17,21,23-24H,18H2,1-5H3/t21-,23+,24-,27-/m0/s1. The number of hydrogen-bond donors (Lipinski definition) is 0. The van der Waals surface area contributed by atoms with E-state index >= 15 is 0 Å². The second-order valence-electron chi connectivity index (χ2n) is 10.6. The Bertz CT molecular complexity index is 1040. The summed E-state index contributed by atoms with van der Waals surface area (Å²) in [4.78, 5) is 12.2. The largest absolute Gasteiger partial charge is 0.446 e. The van der Waals surface area contributed by atoms with Crippen LogP contribution in [0.2, 0.25) is 5.04 Å². The van der Waals surface area contributed by atoms with Crippen LogP contribution in [0, 0.1) is 0 Å². The van der Waals surface area contributed by atoms with E-state index in [-0.39, 0.29) is 11.6 Å². The summed E-state index contributed by atoms with van der Waals surface area (Å²) in [5.74, 6) is -1.23. The molecule has 0 radical (unpaired) electrons. The number of carbonyl (C=O) groups excluding carboxylic acids is 1. The highest BCUT2D eigenvalue weighted by Crippen LogP contribution is 2.48. The third kappa shape index (κ3) is 3.67. The minimum Gasteiger partial charge on any atom is -0.446 e. The van der Waals surface area contributed by atoms with Gasteiger partial charge in [-0.2, -0.15) is 0 Å². The topological polar surface area (TPSA) is 63.2 Å². The van der Waals surface area contributed by atoms with Gasteiger partial charge in [0.25, 0.3) is 8.32 Å². The Labute approximate surface area is 201 Å². The number of ether oxygens (including phenoxy) is 4. The van der Waals surface area contributed by atoms with Gasteiger partial charge in [0.1, 0.15) is 6.10 Å². The first-order valence-electron chi connectivity index (χ1n) is 11.8. The fraction of sp³-hybridized carbons (Fsp3) is 0.444. The molecule has 0 unspecified atom stereocenters. The lowest BCUT2D eigenvalue weighted by Gasteiger charge is -2.44. The van der Waals surface area contributed by atoms with Crippen LogP contribution < -0.4 is 10.4 Å². The highest BCUT2D eigenvalue weighted by molar-refractivity contribution is 6.99. The number of hydrogen-bond acceptors (Lipinski definition) is 6. The van der Waals surface area contributed by atoms with Crippen molar-refractivity contribution in [2.75, 3.05) is 6.61 Å². The molecule has 6 nitrogen and oxygen atoms in total. The van der Waals surface area contributed by atoms with E-state index in [1.54, 1.807) is 6.08 Å². The van der Waals surface area contributed by atoms with Crippen molar-refractivity contribution in [2.45, 2.75) is 69.5 Å². The van der Waals surface area contributed by atoms with Gasteiger partial charge in [-0.25, -0.2) is 4.79 Å².